The first-order valence-corrected chi connectivity index (χ1v) is 4.81. The summed E-state index contributed by atoms with van der Waals surface area (Å²) in [5, 5.41) is 9.06. The highest BCUT2D eigenvalue weighted by atomic mass is 16.7. The number of ether oxygens (including phenoxy) is 2. The fourth-order valence-corrected chi connectivity index (χ4v) is 0.992. The lowest BCUT2D eigenvalue weighted by Gasteiger charge is -2.15. The summed E-state index contributed by atoms with van der Waals surface area (Å²) in [6.07, 6.45) is -0.700. The number of hydrogen-bond acceptors (Lipinski definition) is 4. The Bertz CT molecular complexity index is 381. The highest BCUT2D eigenvalue weighted by Gasteiger charge is 2.10. The molecule has 4 nitrogen and oxygen atoms in total. The number of esters is 1. The lowest BCUT2D eigenvalue weighted by atomic mass is 10.3. The minimum absolute atomic E-state index is 0.152. The number of carbonyl (C=O) groups excluding carboxylic acids is 1. The molecule has 1 rings (SSSR count). The quantitative estimate of drug-likeness (QED) is 0.482. The maximum atomic E-state index is 11.2. The molecule has 0 bridgehead atoms. The SMILES string of the molecule is C=C(C)C(=O)OC(C)Oc1ccc(O)cc1. The zero-order chi connectivity index (χ0) is 12.1. The topological polar surface area (TPSA) is 55.8 Å². The number of phenolic OH excluding ortho intramolecular Hbond substituents is 1. The predicted octanol–water partition coefficient (Wildman–Crippen LogP) is 2.24. The molecule has 86 valence electrons. The van der Waals surface area contributed by atoms with Crippen LogP contribution in [0.1, 0.15) is 13.8 Å². The predicted molar refractivity (Wildman–Crippen MR) is 59.1 cm³/mol. The Hall–Kier alpha value is -1.97. The van der Waals surface area contributed by atoms with Crippen LogP contribution in [-0.4, -0.2) is 17.4 Å². The van der Waals surface area contributed by atoms with Gasteiger partial charge in [0.05, 0.1) is 0 Å². The zero-order valence-corrected chi connectivity index (χ0v) is 9.27. The van der Waals surface area contributed by atoms with Crippen LogP contribution in [0.2, 0.25) is 0 Å². The van der Waals surface area contributed by atoms with Crippen molar-refractivity contribution in [2.24, 2.45) is 0 Å². The monoisotopic (exact) mass is 222 g/mol. The van der Waals surface area contributed by atoms with Gasteiger partial charge in [-0.1, -0.05) is 6.58 Å². The van der Waals surface area contributed by atoms with Crippen molar-refractivity contribution in [3.63, 3.8) is 0 Å². The molecule has 1 aromatic rings. The van der Waals surface area contributed by atoms with Crippen molar-refractivity contribution < 1.29 is 19.4 Å². The van der Waals surface area contributed by atoms with E-state index in [0.29, 0.717) is 11.3 Å². The fraction of sp³-hybridized carbons (Fsp3) is 0.250. The van der Waals surface area contributed by atoms with Gasteiger partial charge in [-0.15, -0.1) is 0 Å². The number of phenols is 1. The van der Waals surface area contributed by atoms with Gasteiger partial charge in [0.2, 0.25) is 6.29 Å². The summed E-state index contributed by atoms with van der Waals surface area (Å²) in [7, 11) is 0. The molecule has 4 heteroatoms. The van der Waals surface area contributed by atoms with Gasteiger partial charge in [0, 0.05) is 12.5 Å². The van der Waals surface area contributed by atoms with Gasteiger partial charge in [-0.05, 0) is 31.2 Å². The van der Waals surface area contributed by atoms with Gasteiger partial charge < -0.3 is 14.6 Å². The molecule has 1 atom stereocenters. The standard InChI is InChI=1S/C12H14O4/c1-8(2)12(14)16-9(3)15-11-6-4-10(13)5-7-11/h4-7,9,13H,1H2,2-3H3. The molecule has 0 amide bonds. The van der Waals surface area contributed by atoms with E-state index in [1.54, 1.807) is 26.0 Å². The van der Waals surface area contributed by atoms with Crippen molar-refractivity contribution in [1.82, 2.24) is 0 Å². The molecule has 0 aliphatic heterocycles. The van der Waals surface area contributed by atoms with E-state index in [0.717, 1.165) is 0 Å². The number of hydrogen-bond donors (Lipinski definition) is 1. The van der Waals surface area contributed by atoms with E-state index in [-0.39, 0.29) is 5.75 Å². The first kappa shape index (κ1) is 12.1. The van der Waals surface area contributed by atoms with Crippen LogP contribution >= 0.6 is 0 Å². The molecule has 0 saturated heterocycles. The van der Waals surface area contributed by atoms with E-state index in [9.17, 15) is 4.79 Å². The van der Waals surface area contributed by atoms with Crippen molar-refractivity contribution in [3.8, 4) is 11.5 Å². The van der Waals surface area contributed by atoms with Crippen LogP contribution in [-0.2, 0) is 9.53 Å². The lowest BCUT2D eigenvalue weighted by Crippen LogP contribution is -2.21. The molecule has 0 aliphatic rings. The Morgan fingerprint density at radius 3 is 2.44 bits per heavy atom. The number of carbonyl (C=O) groups is 1. The van der Waals surface area contributed by atoms with Crippen molar-refractivity contribution in [1.29, 1.82) is 0 Å². The molecular formula is C12H14O4. The summed E-state index contributed by atoms with van der Waals surface area (Å²) in [5.74, 6) is 0.171. The largest absolute Gasteiger partial charge is 0.508 e. The summed E-state index contributed by atoms with van der Waals surface area (Å²) < 4.78 is 10.2. The van der Waals surface area contributed by atoms with Crippen molar-refractivity contribution in [2.75, 3.05) is 0 Å². The molecule has 0 aliphatic carbocycles. The van der Waals surface area contributed by atoms with Crippen LogP contribution in [0.4, 0.5) is 0 Å². The second-order valence-corrected chi connectivity index (χ2v) is 3.37. The number of benzene rings is 1. The van der Waals surface area contributed by atoms with Crippen LogP contribution in [0.3, 0.4) is 0 Å². The highest BCUT2D eigenvalue weighted by molar-refractivity contribution is 5.86. The molecule has 0 spiro atoms. The van der Waals surface area contributed by atoms with Crippen LogP contribution < -0.4 is 4.74 Å². The van der Waals surface area contributed by atoms with E-state index in [1.165, 1.54) is 12.1 Å². The minimum Gasteiger partial charge on any atom is -0.508 e. The molecule has 1 unspecified atom stereocenters. The average molecular weight is 222 g/mol. The van der Waals surface area contributed by atoms with Gasteiger partial charge in [0.25, 0.3) is 0 Å². The second kappa shape index (κ2) is 5.21. The highest BCUT2D eigenvalue weighted by Crippen LogP contribution is 2.17. The summed E-state index contributed by atoms with van der Waals surface area (Å²) in [6, 6.07) is 6.14. The van der Waals surface area contributed by atoms with Crippen molar-refractivity contribution >= 4 is 5.97 Å². The molecule has 0 aromatic heterocycles. The molecule has 0 saturated carbocycles. The number of aromatic hydroxyl groups is 1. The molecule has 16 heavy (non-hydrogen) atoms. The summed E-state index contributed by atoms with van der Waals surface area (Å²) in [6.45, 7) is 6.63. The Balaban J connectivity index is 2.51. The van der Waals surface area contributed by atoms with Gasteiger partial charge in [-0.2, -0.15) is 0 Å². The Morgan fingerprint density at radius 2 is 1.94 bits per heavy atom. The Kier molecular flexibility index (Phi) is 3.94. The lowest BCUT2D eigenvalue weighted by molar-refractivity contribution is -0.156. The number of rotatable bonds is 4. The van der Waals surface area contributed by atoms with E-state index in [1.807, 2.05) is 0 Å². The second-order valence-electron chi connectivity index (χ2n) is 3.37. The van der Waals surface area contributed by atoms with Crippen molar-refractivity contribution in [3.05, 3.63) is 36.4 Å². The van der Waals surface area contributed by atoms with Crippen LogP contribution in [0.15, 0.2) is 36.4 Å². The van der Waals surface area contributed by atoms with Crippen molar-refractivity contribution in [2.45, 2.75) is 20.1 Å². The maximum absolute atomic E-state index is 11.2. The Labute approximate surface area is 94.1 Å². The van der Waals surface area contributed by atoms with Gasteiger partial charge in [-0.3, -0.25) is 0 Å². The first-order valence-electron chi connectivity index (χ1n) is 4.81. The molecule has 0 radical (unpaired) electrons. The van der Waals surface area contributed by atoms with Gasteiger partial charge in [0.15, 0.2) is 0 Å². The van der Waals surface area contributed by atoms with Crippen LogP contribution in [0, 0.1) is 0 Å². The summed E-state index contributed by atoms with van der Waals surface area (Å²) in [4.78, 5) is 11.2. The van der Waals surface area contributed by atoms with E-state index in [2.05, 4.69) is 6.58 Å². The molecular weight excluding hydrogens is 208 g/mol. The maximum Gasteiger partial charge on any atom is 0.336 e. The van der Waals surface area contributed by atoms with Gasteiger partial charge in [-0.25, -0.2) is 4.79 Å². The molecule has 1 aromatic carbocycles. The summed E-state index contributed by atoms with van der Waals surface area (Å²) in [5.41, 5.74) is 0.321. The zero-order valence-electron chi connectivity index (χ0n) is 9.27. The average Bonchev–Trinajstić information content (AvgIpc) is 2.21. The fourth-order valence-electron chi connectivity index (χ4n) is 0.992. The van der Waals surface area contributed by atoms with Gasteiger partial charge >= 0.3 is 5.97 Å². The third kappa shape index (κ3) is 3.65. The molecule has 0 fully saturated rings. The van der Waals surface area contributed by atoms with E-state index < -0.39 is 12.3 Å². The normalized spacial score (nSPS) is 11.6. The van der Waals surface area contributed by atoms with E-state index in [4.69, 9.17) is 14.6 Å². The summed E-state index contributed by atoms with van der Waals surface area (Å²) >= 11 is 0. The minimum atomic E-state index is -0.700. The van der Waals surface area contributed by atoms with E-state index >= 15 is 0 Å². The third-order valence-electron chi connectivity index (χ3n) is 1.76. The van der Waals surface area contributed by atoms with Crippen LogP contribution in [0.25, 0.3) is 0 Å². The smallest absolute Gasteiger partial charge is 0.336 e. The van der Waals surface area contributed by atoms with Crippen LogP contribution in [0.5, 0.6) is 11.5 Å². The third-order valence-corrected chi connectivity index (χ3v) is 1.76. The Morgan fingerprint density at radius 1 is 1.38 bits per heavy atom. The van der Waals surface area contributed by atoms with Gasteiger partial charge in [0.1, 0.15) is 11.5 Å². The first-order chi connectivity index (χ1) is 7.49. The molecule has 0 heterocycles. The molecule has 1 N–H and O–H groups in total.